The van der Waals surface area contributed by atoms with Crippen molar-refractivity contribution in [3.05, 3.63) is 107 Å². The van der Waals surface area contributed by atoms with E-state index in [4.69, 9.17) is 0 Å². The van der Waals surface area contributed by atoms with Gasteiger partial charge < -0.3 is 0 Å². The first-order valence-electron chi connectivity index (χ1n) is 11.9. The van der Waals surface area contributed by atoms with Gasteiger partial charge in [-0.05, 0) is 0 Å². The monoisotopic (exact) mass is 506 g/mol. The Kier molecular flexibility index (Phi) is 3.83. The number of benzene rings is 4. The molecule has 0 bridgehead atoms. The van der Waals surface area contributed by atoms with Gasteiger partial charge in [0.15, 0.2) is 0 Å². The molecule has 2 heteroatoms. The molecule has 0 amide bonds. The third kappa shape index (κ3) is 2.21. The zero-order valence-corrected chi connectivity index (χ0v) is 22.7. The van der Waals surface area contributed by atoms with Crippen molar-refractivity contribution >= 4 is 18.4 Å². The Labute approximate surface area is 196 Å². The summed E-state index contributed by atoms with van der Waals surface area (Å²) < 4.78 is 6.73. The average Bonchev–Trinajstić information content (AvgIpc) is 3.32. The van der Waals surface area contributed by atoms with Crippen LogP contribution in [0.25, 0.3) is 22.3 Å². The van der Waals surface area contributed by atoms with Crippen molar-refractivity contribution < 1.29 is 20.3 Å². The molecule has 0 N–H and O–H groups in total. The van der Waals surface area contributed by atoms with Gasteiger partial charge in [-0.3, -0.25) is 0 Å². The van der Waals surface area contributed by atoms with Crippen molar-refractivity contribution in [2.24, 2.45) is 0 Å². The number of hydrogen-bond acceptors (Lipinski definition) is 0. The molecular formula is C30H28SiZr. The summed E-state index contributed by atoms with van der Waals surface area (Å²) in [5, 5.41) is 3.37. The van der Waals surface area contributed by atoms with Gasteiger partial charge in [0, 0.05) is 0 Å². The Balaban J connectivity index is 1.68. The fourth-order valence-corrected chi connectivity index (χ4v) is 22.6. The van der Waals surface area contributed by atoms with Gasteiger partial charge in [-0.2, -0.15) is 0 Å². The summed E-state index contributed by atoms with van der Waals surface area (Å²) in [5.74, 6) is 0. The quantitative estimate of drug-likeness (QED) is 0.227. The van der Waals surface area contributed by atoms with Crippen LogP contribution in [-0.2, 0) is 20.3 Å². The van der Waals surface area contributed by atoms with E-state index in [0.29, 0.717) is 7.25 Å². The maximum absolute atomic E-state index is 2.86. The summed E-state index contributed by atoms with van der Waals surface area (Å²) in [5.41, 5.74) is 12.7. The molecule has 0 spiro atoms. The Bertz CT molecular complexity index is 1340. The molecule has 4 aromatic rings. The molecule has 3 aliphatic rings. The predicted molar refractivity (Wildman–Crippen MR) is 136 cm³/mol. The van der Waals surface area contributed by atoms with Crippen LogP contribution in [0, 0.1) is 0 Å². The van der Waals surface area contributed by atoms with Crippen LogP contribution in [0.2, 0.25) is 22.4 Å². The van der Waals surface area contributed by atoms with E-state index in [1.165, 1.54) is 22.3 Å². The molecule has 32 heavy (non-hydrogen) atoms. The second-order valence-corrected chi connectivity index (χ2v) is 27.1. The van der Waals surface area contributed by atoms with Crippen LogP contribution in [0.1, 0.15) is 29.5 Å². The van der Waals surface area contributed by atoms with Crippen LogP contribution in [0.15, 0.2) is 84.9 Å². The Hall–Kier alpha value is -2.02. The molecule has 2 atom stereocenters. The van der Waals surface area contributed by atoms with Gasteiger partial charge in [-0.25, -0.2) is 0 Å². The van der Waals surface area contributed by atoms with Gasteiger partial charge in [0.25, 0.3) is 0 Å². The third-order valence-electron chi connectivity index (χ3n) is 8.75. The van der Waals surface area contributed by atoms with Crippen molar-refractivity contribution in [3.8, 4) is 22.3 Å². The zero-order chi connectivity index (χ0) is 21.8. The van der Waals surface area contributed by atoms with Crippen molar-refractivity contribution in [2.45, 2.75) is 29.6 Å². The number of rotatable bonds is 0. The normalized spacial score (nSPS) is 22.2. The minimum absolute atomic E-state index is 0.621. The molecule has 156 valence electrons. The maximum atomic E-state index is 2.75. The van der Waals surface area contributed by atoms with Crippen LogP contribution < -0.4 is 10.4 Å². The van der Waals surface area contributed by atoms with E-state index >= 15 is 0 Å². The van der Waals surface area contributed by atoms with Crippen molar-refractivity contribution in [1.29, 1.82) is 0 Å². The predicted octanol–water partition coefficient (Wildman–Crippen LogP) is 6.91. The van der Waals surface area contributed by atoms with E-state index in [9.17, 15) is 0 Å². The van der Waals surface area contributed by atoms with E-state index in [1.54, 1.807) is 32.6 Å². The van der Waals surface area contributed by atoms with Gasteiger partial charge in [-0.15, -0.1) is 0 Å². The molecule has 7 rings (SSSR count). The van der Waals surface area contributed by atoms with Gasteiger partial charge in [0.05, 0.1) is 0 Å². The molecule has 1 aliphatic heterocycles. The topological polar surface area (TPSA) is 0 Å². The molecule has 4 aromatic carbocycles. The number of fused-ring (bicyclic) bond motifs is 6. The van der Waals surface area contributed by atoms with Gasteiger partial charge in [0.2, 0.25) is 0 Å². The first-order chi connectivity index (χ1) is 15.4. The second-order valence-electron chi connectivity index (χ2n) is 11.0. The summed E-state index contributed by atoms with van der Waals surface area (Å²) in [6.45, 7) is 5.21. The molecule has 0 radical (unpaired) electrons. The van der Waals surface area contributed by atoms with Crippen LogP contribution in [0.4, 0.5) is 0 Å². The first-order valence-corrected chi connectivity index (χ1v) is 22.6. The van der Waals surface area contributed by atoms with E-state index < -0.39 is 28.3 Å². The summed E-state index contributed by atoms with van der Waals surface area (Å²) in [7, 11) is -1.89. The van der Waals surface area contributed by atoms with E-state index in [-0.39, 0.29) is 0 Å². The fraction of sp³-hybridized carbons (Fsp3) is 0.200. The molecule has 0 nitrogen and oxygen atoms in total. The molecule has 0 saturated heterocycles. The van der Waals surface area contributed by atoms with Gasteiger partial charge >= 0.3 is 198 Å². The first kappa shape index (κ1) is 19.4. The van der Waals surface area contributed by atoms with E-state index in [0.717, 1.165) is 0 Å². The Morgan fingerprint density at radius 3 is 1.41 bits per heavy atom. The van der Waals surface area contributed by atoms with Gasteiger partial charge in [-0.1, -0.05) is 0 Å². The zero-order valence-electron chi connectivity index (χ0n) is 19.2. The third-order valence-corrected chi connectivity index (χ3v) is 22.6. The van der Waals surface area contributed by atoms with E-state index in [1.807, 2.05) is 0 Å². The van der Waals surface area contributed by atoms with Crippen LogP contribution in [0.3, 0.4) is 0 Å². The van der Waals surface area contributed by atoms with Crippen LogP contribution >= 0.6 is 0 Å². The Morgan fingerprint density at radius 2 is 0.938 bits per heavy atom. The molecule has 0 aromatic heterocycles. The van der Waals surface area contributed by atoms with Crippen molar-refractivity contribution in [3.63, 3.8) is 0 Å². The Morgan fingerprint density at radius 1 is 0.531 bits per heavy atom. The van der Waals surface area contributed by atoms with E-state index in [2.05, 4.69) is 107 Å². The SMILES string of the molecule is C[Si]1(C)c2cccc3c2[CH](c2ccccc2-3)[Zr]([CH3])([CH3])[CH]2c3ccccc3-c3cccc1c32. The second kappa shape index (κ2) is 6.31. The molecule has 2 unspecified atom stereocenters. The summed E-state index contributed by atoms with van der Waals surface area (Å²) >= 11 is -2.86. The molecular weight excluding hydrogens is 480 g/mol. The minimum atomic E-state index is -2.86. The average molecular weight is 508 g/mol. The fourth-order valence-electron chi connectivity index (χ4n) is 7.47. The molecule has 1 heterocycles. The van der Waals surface area contributed by atoms with Crippen LogP contribution in [-0.4, -0.2) is 8.07 Å². The molecule has 2 aliphatic carbocycles. The number of hydrogen-bond donors (Lipinski definition) is 0. The molecule has 0 fully saturated rings. The van der Waals surface area contributed by atoms with Gasteiger partial charge in [0.1, 0.15) is 0 Å². The van der Waals surface area contributed by atoms with Crippen LogP contribution in [0.5, 0.6) is 0 Å². The van der Waals surface area contributed by atoms with Crippen molar-refractivity contribution in [2.75, 3.05) is 0 Å². The molecule has 0 saturated carbocycles. The summed E-state index contributed by atoms with van der Waals surface area (Å²) in [6, 6.07) is 33.2. The standard InChI is InChI=1S/C28H22Si.2CH3.Zr/c1-29(2,27-15-7-13-23-21-11-5-3-9-19(21)17-25(23)27)28-16-8-14-24-22-12-6-4-10-20(22)18-26(24)28;;;/h3-18H,1-2H3;2*1H3;. The summed E-state index contributed by atoms with van der Waals surface area (Å²) in [6.07, 6.45) is 0. The van der Waals surface area contributed by atoms with Crippen molar-refractivity contribution in [1.82, 2.24) is 0 Å². The summed E-state index contributed by atoms with van der Waals surface area (Å²) in [4.78, 5) is 0.